The lowest BCUT2D eigenvalue weighted by molar-refractivity contribution is 0.752. The van der Waals surface area contributed by atoms with Gasteiger partial charge in [-0.1, -0.05) is 243 Å². The number of para-hydroxylation sites is 3. The molecule has 2 heteroatoms. The molecule has 1 heterocycles. The van der Waals surface area contributed by atoms with E-state index in [2.05, 4.69) is 313 Å². The Morgan fingerprint density at radius 1 is 0.237 bits per heavy atom. The zero-order valence-corrected chi connectivity index (χ0v) is 41.8. The fourth-order valence-electron chi connectivity index (χ4n) is 13.4. The fraction of sp³-hybridized carbons (Fsp3) is 0.0270. The average molecular weight is 967 g/mol. The van der Waals surface area contributed by atoms with Gasteiger partial charge in [0.25, 0.3) is 0 Å². The van der Waals surface area contributed by atoms with Crippen molar-refractivity contribution in [1.82, 2.24) is 0 Å². The van der Waals surface area contributed by atoms with Gasteiger partial charge in [0.05, 0.1) is 22.2 Å². The summed E-state index contributed by atoms with van der Waals surface area (Å²) in [6.07, 6.45) is 0. The molecule has 0 atom stereocenters. The summed E-state index contributed by atoms with van der Waals surface area (Å²) < 4.78 is 0. The second-order valence-corrected chi connectivity index (χ2v) is 20.3. The molecule has 0 aromatic heterocycles. The van der Waals surface area contributed by atoms with E-state index in [0.717, 1.165) is 28.3 Å². The Hall–Kier alpha value is -9.76. The van der Waals surface area contributed by atoms with Gasteiger partial charge in [-0.05, 0) is 150 Å². The van der Waals surface area contributed by atoms with E-state index in [4.69, 9.17) is 0 Å². The van der Waals surface area contributed by atoms with E-state index in [0.29, 0.717) is 0 Å². The summed E-state index contributed by atoms with van der Waals surface area (Å²) in [5.41, 5.74) is 25.5. The monoisotopic (exact) mass is 966 g/mol. The van der Waals surface area contributed by atoms with Gasteiger partial charge in [0.2, 0.25) is 0 Å². The summed E-state index contributed by atoms with van der Waals surface area (Å²) in [5.74, 6) is 0. The van der Waals surface area contributed by atoms with Gasteiger partial charge in [-0.3, -0.25) is 0 Å². The van der Waals surface area contributed by atoms with Crippen molar-refractivity contribution in [3.63, 3.8) is 0 Å². The average Bonchev–Trinajstić information content (AvgIpc) is 3.97. The van der Waals surface area contributed by atoms with E-state index in [-0.39, 0.29) is 0 Å². The minimum Gasteiger partial charge on any atom is -0.310 e. The molecule has 3 aliphatic rings. The molecule has 0 amide bonds. The molecule has 0 saturated heterocycles. The number of benzene rings is 12. The molecule has 1 aliphatic heterocycles. The Labute approximate surface area is 444 Å². The molecule has 15 rings (SSSR count). The Kier molecular flexibility index (Phi) is 10.0. The fourth-order valence-corrected chi connectivity index (χ4v) is 13.4. The van der Waals surface area contributed by atoms with Gasteiger partial charge in [0.1, 0.15) is 0 Å². The molecule has 2 nitrogen and oxygen atoms in total. The Balaban J connectivity index is 0.985. The van der Waals surface area contributed by atoms with E-state index >= 15 is 0 Å². The normalized spacial score (nSPS) is 13.7. The molecule has 0 saturated carbocycles. The van der Waals surface area contributed by atoms with Gasteiger partial charge < -0.3 is 9.80 Å². The molecule has 0 bridgehead atoms. The lowest BCUT2D eigenvalue weighted by Crippen LogP contribution is -2.36. The number of hydrogen-bond acceptors (Lipinski definition) is 2. The summed E-state index contributed by atoms with van der Waals surface area (Å²) in [7, 11) is 0. The van der Waals surface area contributed by atoms with Crippen LogP contribution in [0.5, 0.6) is 0 Å². The standard InChI is InChI=1S/C74H50N2/c1-5-22-51(23-6-1)52-40-42-53(43-41-52)54-24-21-31-58(48-54)75(59-44-46-63-61-32-13-15-34-65(61)73(69(63)49-59,55-25-7-2-8-26-55)56-27-9-3-10-28-56)60-45-47-64-62-33-14-16-35-66(62)74(70(64)50-60)67-36-17-19-38-71(67)76(57-29-11-4-12-30-57)72-39-20-18-37-68(72)74/h1-50H. The van der Waals surface area contributed by atoms with E-state index in [9.17, 15) is 0 Å². The van der Waals surface area contributed by atoms with Gasteiger partial charge in [-0.25, -0.2) is 0 Å². The Morgan fingerprint density at radius 2 is 0.618 bits per heavy atom. The molecule has 0 N–H and O–H groups in total. The van der Waals surface area contributed by atoms with Crippen LogP contribution in [0, 0.1) is 0 Å². The van der Waals surface area contributed by atoms with Crippen molar-refractivity contribution in [2.45, 2.75) is 10.8 Å². The highest BCUT2D eigenvalue weighted by atomic mass is 15.2. The van der Waals surface area contributed by atoms with Gasteiger partial charge >= 0.3 is 0 Å². The highest BCUT2D eigenvalue weighted by molar-refractivity contribution is 5.98. The van der Waals surface area contributed by atoms with Crippen LogP contribution in [-0.4, -0.2) is 0 Å². The van der Waals surface area contributed by atoms with Crippen molar-refractivity contribution in [3.05, 3.63) is 348 Å². The van der Waals surface area contributed by atoms with Crippen molar-refractivity contribution >= 4 is 34.1 Å². The summed E-state index contributed by atoms with van der Waals surface area (Å²) in [5, 5.41) is 0. The van der Waals surface area contributed by atoms with E-state index in [1.807, 2.05) is 0 Å². The van der Waals surface area contributed by atoms with Crippen LogP contribution in [0.3, 0.4) is 0 Å². The molecule has 0 radical (unpaired) electrons. The largest absolute Gasteiger partial charge is 0.310 e. The number of rotatable bonds is 8. The molecule has 12 aromatic rings. The molecule has 12 aromatic carbocycles. The lowest BCUT2D eigenvalue weighted by Gasteiger charge is -2.45. The third-order valence-electron chi connectivity index (χ3n) is 16.5. The summed E-state index contributed by atoms with van der Waals surface area (Å²) in [6.45, 7) is 0. The predicted octanol–water partition coefficient (Wildman–Crippen LogP) is 19.0. The van der Waals surface area contributed by atoms with Crippen molar-refractivity contribution in [2.24, 2.45) is 0 Å². The zero-order chi connectivity index (χ0) is 50.2. The van der Waals surface area contributed by atoms with E-state index in [1.165, 1.54) is 94.8 Å². The first kappa shape index (κ1) is 43.8. The second kappa shape index (κ2) is 17.4. The van der Waals surface area contributed by atoms with Crippen molar-refractivity contribution in [1.29, 1.82) is 0 Å². The minimum absolute atomic E-state index is 0.567. The maximum atomic E-state index is 2.52. The molecular weight excluding hydrogens is 917 g/mol. The van der Waals surface area contributed by atoms with Crippen molar-refractivity contribution < 1.29 is 0 Å². The third kappa shape index (κ3) is 6.41. The molecule has 356 valence electrons. The van der Waals surface area contributed by atoms with E-state index < -0.39 is 10.8 Å². The maximum absolute atomic E-state index is 2.52. The van der Waals surface area contributed by atoms with Gasteiger partial charge in [-0.2, -0.15) is 0 Å². The molecule has 76 heavy (non-hydrogen) atoms. The number of nitrogens with zero attached hydrogens (tertiary/aromatic N) is 2. The van der Waals surface area contributed by atoms with Crippen LogP contribution in [0.15, 0.2) is 303 Å². The lowest BCUT2D eigenvalue weighted by atomic mass is 9.64. The van der Waals surface area contributed by atoms with Crippen LogP contribution in [0.1, 0.15) is 44.5 Å². The molecule has 2 aliphatic carbocycles. The zero-order valence-electron chi connectivity index (χ0n) is 41.8. The maximum Gasteiger partial charge on any atom is 0.0755 e. The molecule has 1 spiro atoms. The number of hydrogen-bond donors (Lipinski definition) is 0. The SMILES string of the molecule is c1ccc(-c2ccc(-c3cccc(N(c4ccc5c(c4)C(c4ccccc4)(c4ccccc4)c4ccccc4-5)c4ccc5c(c4)C4(c6ccccc6-5)c5ccccc5N(c5ccccc5)c5ccccc54)c3)cc2)cc1. The third-order valence-corrected chi connectivity index (χ3v) is 16.5. The van der Waals surface area contributed by atoms with Gasteiger partial charge in [0.15, 0.2) is 0 Å². The van der Waals surface area contributed by atoms with E-state index in [1.54, 1.807) is 0 Å². The van der Waals surface area contributed by atoms with Gasteiger partial charge in [0, 0.05) is 22.7 Å². The van der Waals surface area contributed by atoms with Crippen molar-refractivity contribution in [3.8, 4) is 44.5 Å². The first-order valence-corrected chi connectivity index (χ1v) is 26.4. The first-order valence-electron chi connectivity index (χ1n) is 26.4. The van der Waals surface area contributed by atoms with Gasteiger partial charge in [-0.15, -0.1) is 0 Å². The first-order chi connectivity index (χ1) is 37.7. The van der Waals surface area contributed by atoms with Crippen LogP contribution in [-0.2, 0) is 10.8 Å². The molecular formula is C74H50N2. The molecule has 0 unspecified atom stereocenters. The second-order valence-electron chi connectivity index (χ2n) is 20.3. The molecule has 0 fully saturated rings. The Bertz CT molecular complexity index is 4080. The van der Waals surface area contributed by atoms with Crippen LogP contribution >= 0.6 is 0 Å². The van der Waals surface area contributed by atoms with Crippen LogP contribution in [0.2, 0.25) is 0 Å². The summed E-state index contributed by atoms with van der Waals surface area (Å²) >= 11 is 0. The summed E-state index contributed by atoms with van der Waals surface area (Å²) in [4.78, 5) is 4.97. The Morgan fingerprint density at radius 3 is 1.17 bits per heavy atom. The highest BCUT2D eigenvalue weighted by Crippen LogP contribution is 2.64. The van der Waals surface area contributed by atoms with Crippen LogP contribution in [0.25, 0.3) is 44.5 Å². The highest BCUT2D eigenvalue weighted by Gasteiger charge is 2.52. The number of fused-ring (bicyclic) bond motifs is 12. The summed E-state index contributed by atoms with van der Waals surface area (Å²) in [6, 6.07) is 113. The smallest absolute Gasteiger partial charge is 0.0755 e. The van der Waals surface area contributed by atoms with Crippen LogP contribution in [0.4, 0.5) is 34.1 Å². The quantitative estimate of drug-likeness (QED) is 0.150. The predicted molar refractivity (Wildman–Crippen MR) is 315 cm³/mol. The topological polar surface area (TPSA) is 6.48 Å². The van der Waals surface area contributed by atoms with Crippen molar-refractivity contribution in [2.75, 3.05) is 9.80 Å². The van der Waals surface area contributed by atoms with Crippen LogP contribution < -0.4 is 9.80 Å². The minimum atomic E-state index is -0.621. The number of anilines is 6.